The molecule has 0 saturated carbocycles. The molecule has 0 aromatic rings. The van der Waals surface area contributed by atoms with E-state index in [0.29, 0.717) is 0 Å². The van der Waals surface area contributed by atoms with Crippen LogP contribution in [0.15, 0.2) is 24.6 Å². The first kappa shape index (κ1) is 7.19. The number of aliphatic hydroxyl groups excluding tert-OH is 1. The Morgan fingerprint density at radius 1 is 1.60 bits per heavy atom. The Bertz CT molecular complexity index is 140. The van der Waals surface area contributed by atoms with E-state index in [-0.39, 0.29) is 0 Å². The highest BCUT2D eigenvalue weighted by molar-refractivity contribution is 4.91. The summed E-state index contributed by atoms with van der Waals surface area (Å²) in [5.74, 6) is 0. The van der Waals surface area contributed by atoms with E-state index in [1.54, 1.807) is 6.08 Å². The van der Waals surface area contributed by atoms with Gasteiger partial charge in [0, 0.05) is 13.1 Å². The van der Waals surface area contributed by atoms with Crippen molar-refractivity contribution in [3.63, 3.8) is 0 Å². The highest BCUT2D eigenvalue weighted by Crippen LogP contribution is 2.04. The molecule has 0 spiro atoms. The second kappa shape index (κ2) is 3.99. The maximum atomic E-state index is 8.37. The Balaban J connectivity index is 2.26. The molecule has 1 aliphatic rings. The van der Waals surface area contributed by atoms with Gasteiger partial charge in [0.05, 0.1) is 6.26 Å². The molecule has 56 valence electrons. The molecule has 1 N–H and O–H groups in total. The third kappa shape index (κ3) is 2.13. The van der Waals surface area contributed by atoms with Gasteiger partial charge in [-0.25, -0.2) is 0 Å². The zero-order valence-electron chi connectivity index (χ0n) is 6.03. The minimum Gasteiger partial charge on any atom is -0.516 e. The van der Waals surface area contributed by atoms with Crippen LogP contribution in [-0.2, 0) is 0 Å². The van der Waals surface area contributed by atoms with E-state index in [4.69, 9.17) is 5.11 Å². The number of aliphatic hydroxyl groups is 1. The third-order valence-electron chi connectivity index (χ3n) is 1.58. The van der Waals surface area contributed by atoms with Crippen LogP contribution in [0.1, 0.15) is 12.8 Å². The van der Waals surface area contributed by atoms with Gasteiger partial charge in [-0.1, -0.05) is 6.08 Å². The number of nitrogens with zero attached hydrogens (tertiary/aromatic N) is 1. The smallest absolute Gasteiger partial charge is 0.0769 e. The molecule has 0 aromatic carbocycles. The zero-order chi connectivity index (χ0) is 7.23. The van der Waals surface area contributed by atoms with Crippen molar-refractivity contribution in [1.29, 1.82) is 0 Å². The average molecular weight is 139 g/mol. The Labute approximate surface area is 61.5 Å². The van der Waals surface area contributed by atoms with Crippen LogP contribution < -0.4 is 0 Å². The summed E-state index contributed by atoms with van der Waals surface area (Å²) in [6.07, 6.45) is 9.52. The van der Waals surface area contributed by atoms with Gasteiger partial charge in [-0.3, -0.25) is 0 Å². The predicted molar refractivity (Wildman–Crippen MR) is 41.7 cm³/mol. The van der Waals surface area contributed by atoms with Crippen molar-refractivity contribution in [3.05, 3.63) is 24.6 Å². The SMILES string of the molecule is OC=CCN1C=CCCC1. The zero-order valence-corrected chi connectivity index (χ0v) is 6.03. The summed E-state index contributed by atoms with van der Waals surface area (Å²) in [6, 6.07) is 0. The highest BCUT2D eigenvalue weighted by atomic mass is 16.2. The summed E-state index contributed by atoms with van der Waals surface area (Å²) >= 11 is 0. The summed E-state index contributed by atoms with van der Waals surface area (Å²) in [5, 5.41) is 8.37. The minimum atomic E-state index is 0.826. The van der Waals surface area contributed by atoms with E-state index >= 15 is 0 Å². The predicted octanol–water partition coefficient (Wildman–Crippen LogP) is 1.67. The van der Waals surface area contributed by atoms with Crippen LogP contribution in [0.25, 0.3) is 0 Å². The second-order valence-corrected chi connectivity index (χ2v) is 2.41. The standard InChI is InChI=1S/C8H13NO/c10-8-4-7-9-5-2-1-3-6-9/h2,4-5,8,10H,1,3,6-7H2. The summed E-state index contributed by atoms with van der Waals surface area (Å²) in [6.45, 7) is 1.94. The van der Waals surface area contributed by atoms with Crippen molar-refractivity contribution in [2.45, 2.75) is 12.8 Å². The number of rotatable bonds is 2. The molecule has 0 bridgehead atoms. The monoisotopic (exact) mass is 139 g/mol. The van der Waals surface area contributed by atoms with Crippen LogP contribution in [-0.4, -0.2) is 23.1 Å². The lowest BCUT2D eigenvalue weighted by atomic mass is 10.2. The molecule has 1 rings (SSSR count). The normalized spacial score (nSPS) is 18.6. The first-order chi connectivity index (χ1) is 4.93. The molecule has 0 saturated heterocycles. The number of hydrogen-bond acceptors (Lipinski definition) is 2. The van der Waals surface area contributed by atoms with Crippen LogP contribution in [0.4, 0.5) is 0 Å². The molecule has 2 heteroatoms. The van der Waals surface area contributed by atoms with Crippen molar-refractivity contribution >= 4 is 0 Å². The lowest BCUT2D eigenvalue weighted by Gasteiger charge is -2.20. The van der Waals surface area contributed by atoms with Crippen molar-refractivity contribution in [1.82, 2.24) is 4.90 Å². The fraction of sp³-hybridized carbons (Fsp3) is 0.500. The van der Waals surface area contributed by atoms with Gasteiger partial charge in [-0.05, 0) is 25.1 Å². The summed E-state index contributed by atoms with van der Waals surface area (Å²) in [7, 11) is 0. The van der Waals surface area contributed by atoms with Crippen LogP contribution in [0.5, 0.6) is 0 Å². The third-order valence-corrected chi connectivity index (χ3v) is 1.58. The minimum absolute atomic E-state index is 0.826. The average Bonchev–Trinajstić information content (AvgIpc) is 2.03. The van der Waals surface area contributed by atoms with E-state index in [9.17, 15) is 0 Å². The first-order valence-corrected chi connectivity index (χ1v) is 3.63. The molecule has 0 aliphatic carbocycles. The Morgan fingerprint density at radius 3 is 3.10 bits per heavy atom. The molecule has 1 aliphatic heterocycles. The first-order valence-electron chi connectivity index (χ1n) is 3.63. The number of hydrogen-bond donors (Lipinski definition) is 1. The van der Waals surface area contributed by atoms with Crippen molar-refractivity contribution in [3.8, 4) is 0 Å². The van der Waals surface area contributed by atoms with Crippen LogP contribution in [0, 0.1) is 0 Å². The summed E-state index contributed by atoms with van der Waals surface area (Å²) in [4.78, 5) is 2.18. The Hall–Kier alpha value is -0.920. The maximum absolute atomic E-state index is 8.37. The van der Waals surface area contributed by atoms with Gasteiger partial charge >= 0.3 is 0 Å². The molecule has 0 fully saturated rings. The highest BCUT2D eigenvalue weighted by Gasteiger charge is 1.99. The van der Waals surface area contributed by atoms with Crippen LogP contribution >= 0.6 is 0 Å². The summed E-state index contributed by atoms with van der Waals surface area (Å²) in [5.41, 5.74) is 0. The summed E-state index contributed by atoms with van der Waals surface area (Å²) < 4.78 is 0. The molecular weight excluding hydrogens is 126 g/mol. The second-order valence-electron chi connectivity index (χ2n) is 2.41. The molecule has 0 aromatic heterocycles. The molecule has 0 unspecified atom stereocenters. The lowest BCUT2D eigenvalue weighted by Crippen LogP contribution is -2.20. The van der Waals surface area contributed by atoms with Crippen molar-refractivity contribution in [2.75, 3.05) is 13.1 Å². The molecular formula is C8H13NO. The van der Waals surface area contributed by atoms with Gasteiger partial charge in [0.15, 0.2) is 0 Å². The largest absolute Gasteiger partial charge is 0.516 e. The number of allylic oxidation sites excluding steroid dienone is 1. The van der Waals surface area contributed by atoms with Crippen LogP contribution in [0.3, 0.4) is 0 Å². The maximum Gasteiger partial charge on any atom is 0.0769 e. The van der Waals surface area contributed by atoms with E-state index in [2.05, 4.69) is 17.2 Å². The molecule has 0 atom stereocenters. The quantitative estimate of drug-likeness (QED) is 0.588. The fourth-order valence-electron chi connectivity index (χ4n) is 1.05. The molecule has 0 radical (unpaired) electrons. The van der Waals surface area contributed by atoms with E-state index in [1.807, 2.05) is 0 Å². The molecule has 2 nitrogen and oxygen atoms in total. The fourth-order valence-corrected chi connectivity index (χ4v) is 1.05. The van der Waals surface area contributed by atoms with Gasteiger partial charge < -0.3 is 10.0 Å². The molecule has 1 heterocycles. The molecule has 0 amide bonds. The van der Waals surface area contributed by atoms with E-state index in [0.717, 1.165) is 19.4 Å². The van der Waals surface area contributed by atoms with Crippen LogP contribution in [0.2, 0.25) is 0 Å². The lowest BCUT2D eigenvalue weighted by molar-refractivity contribution is 0.383. The van der Waals surface area contributed by atoms with Gasteiger partial charge in [0.25, 0.3) is 0 Å². The van der Waals surface area contributed by atoms with Crippen molar-refractivity contribution < 1.29 is 5.11 Å². The Kier molecular flexibility index (Phi) is 2.87. The van der Waals surface area contributed by atoms with Gasteiger partial charge in [0.2, 0.25) is 0 Å². The van der Waals surface area contributed by atoms with Gasteiger partial charge in [0.1, 0.15) is 0 Å². The van der Waals surface area contributed by atoms with Gasteiger partial charge in [-0.2, -0.15) is 0 Å². The van der Waals surface area contributed by atoms with Crippen molar-refractivity contribution in [2.24, 2.45) is 0 Å². The molecule has 10 heavy (non-hydrogen) atoms. The van der Waals surface area contributed by atoms with E-state index < -0.39 is 0 Å². The van der Waals surface area contributed by atoms with Gasteiger partial charge in [-0.15, -0.1) is 0 Å². The van der Waals surface area contributed by atoms with E-state index in [1.165, 1.54) is 12.8 Å². The Morgan fingerprint density at radius 2 is 2.50 bits per heavy atom. The topological polar surface area (TPSA) is 23.5 Å².